The van der Waals surface area contributed by atoms with Gasteiger partial charge in [0.05, 0.1) is 18.0 Å². The van der Waals surface area contributed by atoms with Crippen LogP contribution in [0.2, 0.25) is 0 Å². The average Bonchev–Trinajstić information content (AvgIpc) is 2.62. The number of carbonyl (C=O) groups excluding carboxylic acids is 1. The first-order valence-electron chi connectivity index (χ1n) is 7.75. The van der Waals surface area contributed by atoms with E-state index in [2.05, 4.69) is 5.10 Å². The number of nitrogens with zero attached hydrogens (tertiary/aromatic N) is 2. The zero-order chi connectivity index (χ0) is 17.9. The van der Waals surface area contributed by atoms with Crippen molar-refractivity contribution >= 4 is 40.9 Å². The molecule has 1 aliphatic heterocycles. The van der Waals surface area contributed by atoms with Gasteiger partial charge in [-0.05, 0) is 19.1 Å². The van der Waals surface area contributed by atoms with E-state index in [1.54, 1.807) is 17.7 Å². The van der Waals surface area contributed by atoms with Crippen molar-refractivity contribution in [2.45, 2.75) is 6.92 Å². The SMILES string of the molecule is CCOC(=O)C1=NN(c2ccccc2)C(c2ccccc2)=CP1(O)=S. The van der Waals surface area contributed by atoms with Crippen molar-refractivity contribution in [3.05, 3.63) is 72.0 Å². The highest BCUT2D eigenvalue weighted by atomic mass is 32.4. The molecular formula is C18H17N2O3PS. The number of benzene rings is 2. The maximum absolute atomic E-state index is 12.2. The molecule has 2 aromatic carbocycles. The lowest BCUT2D eigenvalue weighted by Gasteiger charge is -2.30. The van der Waals surface area contributed by atoms with Gasteiger partial charge in [-0.25, -0.2) is 9.80 Å². The molecule has 1 aliphatic rings. The largest absolute Gasteiger partial charge is 0.461 e. The fourth-order valence-electron chi connectivity index (χ4n) is 2.43. The minimum absolute atomic E-state index is 0.118. The first-order valence-corrected chi connectivity index (χ1v) is 10.6. The molecule has 0 amide bonds. The van der Waals surface area contributed by atoms with Gasteiger partial charge < -0.3 is 9.63 Å². The Morgan fingerprint density at radius 2 is 1.76 bits per heavy atom. The first-order chi connectivity index (χ1) is 12.0. The fourth-order valence-corrected chi connectivity index (χ4v) is 4.32. The number of para-hydroxylation sites is 1. The van der Waals surface area contributed by atoms with E-state index in [1.807, 2.05) is 60.7 Å². The van der Waals surface area contributed by atoms with Crippen LogP contribution in [-0.4, -0.2) is 22.9 Å². The number of rotatable bonds is 4. The Labute approximate surface area is 151 Å². The molecule has 25 heavy (non-hydrogen) atoms. The van der Waals surface area contributed by atoms with Gasteiger partial charge in [0.1, 0.15) is 6.26 Å². The van der Waals surface area contributed by atoms with Crippen LogP contribution in [0.5, 0.6) is 0 Å². The Kier molecular flexibility index (Phi) is 5.13. The van der Waals surface area contributed by atoms with E-state index in [4.69, 9.17) is 16.5 Å². The summed E-state index contributed by atoms with van der Waals surface area (Å²) in [6, 6.07) is 18.9. The van der Waals surface area contributed by atoms with Crippen molar-refractivity contribution in [3.63, 3.8) is 0 Å². The Balaban J connectivity index is 2.14. The molecule has 1 N–H and O–H groups in total. The predicted molar refractivity (Wildman–Crippen MR) is 104 cm³/mol. The van der Waals surface area contributed by atoms with Crippen molar-refractivity contribution in [2.75, 3.05) is 11.6 Å². The van der Waals surface area contributed by atoms with Gasteiger partial charge >= 0.3 is 5.97 Å². The van der Waals surface area contributed by atoms with Crippen molar-refractivity contribution in [3.8, 4) is 0 Å². The van der Waals surface area contributed by atoms with E-state index in [-0.39, 0.29) is 12.1 Å². The third kappa shape index (κ3) is 3.71. The molecule has 128 valence electrons. The van der Waals surface area contributed by atoms with Gasteiger partial charge in [-0.1, -0.05) is 60.3 Å². The molecule has 0 spiro atoms. The summed E-state index contributed by atoms with van der Waals surface area (Å²) in [7, 11) is 0. The molecular weight excluding hydrogens is 355 g/mol. The van der Waals surface area contributed by atoms with Gasteiger partial charge in [0.15, 0.2) is 0 Å². The molecule has 2 aromatic rings. The molecule has 1 atom stereocenters. The average molecular weight is 372 g/mol. The highest BCUT2D eigenvalue weighted by Gasteiger charge is 2.34. The van der Waals surface area contributed by atoms with Crippen LogP contribution in [0.25, 0.3) is 5.70 Å². The summed E-state index contributed by atoms with van der Waals surface area (Å²) in [6.45, 7) is 1.89. The van der Waals surface area contributed by atoms with E-state index in [0.717, 1.165) is 11.3 Å². The Bertz CT molecular complexity index is 882. The fraction of sp³-hybridized carbons (Fsp3) is 0.111. The van der Waals surface area contributed by atoms with E-state index in [1.165, 1.54) is 0 Å². The third-order valence-electron chi connectivity index (χ3n) is 3.55. The molecule has 1 unspecified atom stereocenters. The number of hydrogen-bond acceptors (Lipinski definition) is 5. The highest BCUT2D eigenvalue weighted by molar-refractivity contribution is 8.22. The van der Waals surface area contributed by atoms with E-state index < -0.39 is 12.2 Å². The van der Waals surface area contributed by atoms with Gasteiger partial charge in [0.2, 0.25) is 5.45 Å². The second-order valence-electron chi connectivity index (χ2n) is 5.29. The van der Waals surface area contributed by atoms with Crippen LogP contribution >= 0.6 is 6.26 Å². The van der Waals surface area contributed by atoms with Crippen LogP contribution in [-0.2, 0) is 21.3 Å². The lowest BCUT2D eigenvalue weighted by atomic mass is 10.1. The molecule has 0 fully saturated rings. The number of hydrazone groups is 1. The number of esters is 1. The van der Waals surface area contributed by atoms with Crippen LogP contribution in [0.4, 0.5) is 5.69 Å². The van der Waals surface area contributed by atoms with Crippen LogP contribution in [0.15, 0.2) is 71.6 Å². The molecule has 0 bridgehead atoms. The second-order valence-corrected chi connectivity index (χ2v) is 8.89. The lowest BCUT2D eigenvalue weighted by Crippen LogP contribution is -2.27. The van der Waals surface area contributed by atoms with Gasteiger partial charge in [-0.15, -0.1) is 0 Å². The number of carbonyl (C=O) groups is 1. The molecule has 0 saturated heterocycles. The second kappa shape index (κ2) is 7.31. The summed E-state index contributed by atoms with van der Waals surface area (Å²) in [5.74, 6) is 0.877. The smallest absolute Gasteiger partial charge is 0.362 e. The van der Waals surface area contributed by atoms with Crippen LogP contribution in [0.1, 0.15) is 12.5 Å². The van der Waals surface area contributed by atoms with Gasteiger partial charge in [0, 0.05) is 11.4 Å². The van der Waals surface area contributed by atoms with Crippen LogP contribution in [0, 0.1) is 0 Å². The standard InChI is InChI=1S/C18H17N2O3PS/c1-2-23-18(21)17-19-20(15-11-7-4-8-12-15)16(13-24(17,22)25)14-9-5-3-6-10-14/h3-13H,2H2,1H3,(H,22,25). The zero-order valence-corrected chi connectivity index (χ0v) is 15.3. The molecule has 7 heteroatoms. The van der Waals surface area contributed by atoms with Gasteiger partial charge in [0.25, 0.3) is 0 Å². The maximum Gasteiger partial charge on any atom is 0.362 e. The Morgan fingerprint density at radius 1 is 1.16 bits per heavy atom. The summed E-state index contributed by atoms with van der Waals surface area (Å²) in [5, 5.41) is 6.00. The van der Waals surface area contributed by atoms with Gasteiger partial charge in [-0.2, -0.15) is 5.10 Å². The molecule has 0 aliphatic carbocycles. The molecule has 0 aromatic heterocycles. The molecule has 3 rings (SSSR count). The van der Waals surface area contributed by atoms with Crippen LogP contribution < -0.4 is 5.01 Å². The predicted octanol–water partition coefficient (Wildman–Crippen LogP) is 3.77. The first kappa shape index (κ1) is 17.5. The minimum Gasteiger partial charge on any atom is -0.461 e. The molecule has 1 heterocycles. The van der Waals surface area contributed by atoms with E-state index in [0.29, 0.717) is 5.70 Å². The maximum atomic E-state index is 12.2. The monoisotopic (exact) mass is 372 g/mol. The number of hydrogen-bond donors (Lipinski definition) is 1. The van der Waals surface area contributed by atoms with Gasteiger partial charge in [-0.3, -0.25) is 0 Å². The number of ether oxygens (including phenoxy) is 1. The van der Waals surface area contributed by atoms with Crippen molar-refractivity contribution in [1.29, 1.82) is 0 Å². The van der Waals surface area contributed by atoms with Crippen molar-refractivity contribution < 1.29 is 14.4 Å². The van der Waals surface area contributed by atoms with Crippen LogP contribution in [0.3, 0.4) is 0 Å². The number of anilines is 1. The quantitative estimate of drug-likeness (QED) is 0.654. The third-order valence-corrected chi connectivity index (χ3v) is 5.86. The normalized spacial score (nSPS) is 19.8. The van der Waals surface area contributed by atoms with E-state index in [9.17, 15) is 9.69 Å². The minimum atomic E-state index is -3.26. The van der Waals surface area contributed by atoms with Crippen molar-refractivity contribution in [2.24, 2.45) is 5.10 Å². The summed E-state index contributed by atoms with van der Waals surface area (Å²) < 4.78 is 5.02. The highest BCUT2D eigenvalue weighted by Crippen LogP contribution is 2.51. The van der Waals surface area contributed by atoms with Crippen molar-refractivity contribution in [1.82, 2.24) is 0 Å². The summed E-state index contributed by atoms with van der Waals surface area (Å²) >= 11 is 5.32. The molecule has 0 saturated carbocycles. The summed E-state index contributed by atoms with van der Waals surface area (Å²) in [6.07, 6.45) is -3.26. The molecule has 0 radical (unpaired) electrons. The zero-order valence-electron chi connectivity index (χ0n) is 13.6. The molecule has 5 nitrogen and oxygen atoms in total. The van der Waals surface area contributed by atoms with E-state index >= 15 is 0 Å². The Morgan fingerprint density at radius 3 is 2.36 bits per heavy atom. The lowest BCUT2D eigenvalue weighted by molar-refractivity contribution is -0.134. The summed E-state index contributed by atoms with van der Waals surface area (Å²) in [5.41, 5.74) is 2.13. The summed E-state index contributed by atoms with van der Waals surface area (Å²) in [4.78, 5) is 22.9. The Hall–Kier alpha value is -2.27. The topological polar surface area (TPSA) is 62.1 Å².